The molecule has 1 aliphatic rings. The van der Waals surface area contributed by atoms with E-state index in [-0.39, 0.29) is 24.0 Å². The maximum atomic E-state index is 12.3. The van der Waals surface area contributed by atoms with Crippen LogP contribution >= 0.6 is 11.6 Å². The van der Waals surface area contributed by atoms with Crippen LogP contribution in [0.5, 0.6) is 0 Å². The molecule has 0 saturated carbocycles. The number of sulfone groups is 1. The highest BCUT2D eigenvalue weighted by atomic mass is 35.5. The van der Waals surface area contributed by atoms with Gasteiger partial charge in [0.25, 0.3) is 5.91 Å². The number of rotatable bonds is 2. The van der Waals surface area contributed by atoms with Gasteiger partial charge in [0, 0.05) is 26.3 Å². The minimum atomic E-state index is -3.03. The van der Waals surface area contributed by atoms with Crippen molar-refractivity contribution in [1.29, 1.82) is 0 Å². The summed E-state index contributed by atoms with van der Waals surface area (Å²) >= 11 is 6.00. The van der Waals surface area contributed by atoms with Gasteiger partial charge in [0.05, 0.1) is 22.1 Å². The van der Waals surface area contributed by atoms with E-state index in [1.54, 1.807) is 13.1 Å². The lowest BCUT2D eigenvalue weighted by Gasteiger charge is -2.19. The zero-order valence-corrected chi connectivity index (χ0v) is 12.7. The van der Waals surface area contributed by atoms with Crippen molar-refractivity contribution in [3.8, 4) is 0 Å². The van der Waals surface area contributed by atoms with Crippen LogP contribution < -0.4 is 5.32 Å². The Morgan fingerprint density at radius 2 is 2.15 bits per heavy atom. The molecule has 2 rings (SSSR count). The number of pyridine rings is 1. The summed E-state index contributed by atoms with van der Waals surface area (Å²) in [5.41, 5.74) is 0.369. The molecule has 0 unspecified atom stereocenters. The fourth-order valence-electron chi connectivity index (χ4n) is 2.06. The lowest BCUT2D eigenvalue weighted by atomic mass is 10.2. The van der Waals surface area contributed by atoms with Crippen LogP contribution in [0.3, 0.4) is 0 Å². The first-order chi connectivity index (χ1) is 9.43. The third kappa shape index (κ3) is 3.40. The van der Waals surface area contributed by atoms with Gasteiger partial charge in [0.1, 0.15) is 5.82 Å². The third-order valence-electron chi connectivity index (χ3n) is 3.17. The van der Waals surface area contributed by atoms with E-state index in [2.05, 4.69) is 10.3 Å². The van der Waals surface area contributed by atoms with Crippen molar-refractivity contribution in [2.45, 2.75) is 6.42 Å². The van der Waals surface area contributed by atoms with Crippen molar-refractivity contribution in [2.24, 2.45) is 0 Å². The molecule has 110 valence electrons. The fourth-order valence-corrected chi connectivity index (χ4v) is 3.60. The van der Waals surface area contributed by atoms with Crippen LogP contribution in [0.25, 0.3) is 0 Å². The van der Waals surface area contributed by atoms with Gasteiger partial charge in [-0.3, -0.25) is 4.79 Å². The number of anilines is 1. The van der Waals surface area contributed by atoms with E-state index in [1.165, 1.54) is 11.1 Å². The van der Waals surface area contributed by atoms with E-state index in [1.807, 2.05) is 0 Å². The first-order valence-corrected chi connectivity index (χ1v) is 8.46. The summed E-state index contributed by atoms with van der Waals surface area (Å²) in [4.78, 5) is 17.9. The van der Waals surface area contributed by atoms with Crippen molar-refractivity contribution in [1.82, 2.24) is 9.88 Å². The van der Waals surface area contributed by atoms with Gasteiger partial charge in [0.15, 0.2) is 9.84 Å². The van der Waals surface area contributed by atoms with E-state index in [0.717, 1.165) is 0 Å². The van der Waals surface area contributed by atoms with Crippen molar-refractivity contribution >= 4 is 33.2 Å². The molecule has 0 aromatic carbocycles. The molecule has 0 aliphatic carbocycles. The largest absolute Gasteiger partial charge is 0.372 e. The summed E-state index contributed by atoms with van der Waals surface area (Å²) in [6.45, 7) is 0.649. The van der Waals surface area contributed by atoms with Gasteiger partial charge in [-0.05, 0) is 12.5 Å². The number of halogens is 1. The molecule has 0 spiro atoms. The highest BCUT2D eigenvalue weighted by molar-refractivity contribution is 7.91. The monoisotopic (exact) mass is 317 g/mol. The number of amides is 1. The van der Waals surface area contributed by atoms with E-state index in [0.29, 0.717) is 29.4 Å². The average molecular weight is 318 g/mol. The highest BCUT2D eigenvalue weighted by Crippen LogP contribution is 2.20. The molecule has 0 bridgehead atoms. The van der Waals surface area contributed by atoms with Gasteiger partial charge in [0.2, 0.25) is 0 Å². The van der Waals surface area contributed by atoms with E-state index < -0.39 is 9.84 Å². The molecule has 1 aromatic rings. The normalized spacial score (nSPS) is 18.4. The molecule has 20 heavy (non-hydrogen) atoms. The summed E-state index contributed by atoms with van der Waals surface area (Å²) in [6, 6.07) is 1.54. The van der Waals surface area contributed by atoms with Crippen molar-refractivity contribution in [3.05, 3.63) is 22.8 Å². The summed E-state index contributed by atoms with van der Waals surface area (Å²) in [5.74, 6) is 0.406. The second kappa shape index (κ2) is 5.97. The second-order valence-corrected chi connectivity index (χ2v) is 7.31. The summed E-state index contributed by atoms with van der Waals surface area (Å²) in [5, 5.41) is 3.18. The Balaban J connectivity index is 2.17. The molecule has 1 aliphatic heterocycles. The summed E-state index contributed by atoms with van der Waals surface area (Å²) in [7, 11) is -1.34. The number of carbonyl (C=O) groups is 1. The standard InChI is InChI=1S/C12H16ClN3O3S/c1-14-11-10(13)7-9(8-15-11)12(17)16-3-2-5-20(18,19)6-4-16/h7-8H,2-6H2,1H3,(H,14,15). The Kier molecular flexibility index (Phi) is 4.49. The van der Waals surface area contributed by atoms with Crippen LogP contribution in [0.15, 0.2) is 12.3 Å². The highest BCUT2D eigenvalue weighted by Gasteiger charge is 2.23. The van der Waals surface area contributed by atoms with Crippen LogP contribution in [0.2, 0.25) is 5.02 Å². The predicted octanol–water partition coefficient (Wildman–Crippen LogP) is 1.04. The Morgan fingerprint density at radius 3 is 2.80 bits per heavy atom. The zero-order valence-electron chi connectivity index (χ0n) is 11.1. The van der Waals surface area contributed by atoms with Crippen molar-refractivity contribution in [3.63, 3.8) is 0 Å². The number of hydrogen-bond donors (Lipinski definition) is 1. The quantitative estimate of drug-likeness (QED) is 0.881. The van der Waals surface area contributed by atoms with Crippen LogP contribution in [-0.2, 0) is 9.84 Å². The molecule has 2 heterocycles. The topological polar surface area (TPSA) is 79.4 Å². The Hall–Kier alpha value is -1.34. The van der Waals surface area contributed by atoms with Gasteiger partial charge >= 0.3 is 0 Å². The Morgan fingerprint density at radius 1 is 1.40 bits per heavy atom. The van der Waals surface area contributed by atoms with E-state index in [4.69, 9.17) is 11.6 Å². The van der Waals surface area contributed by atoms with Gasteiger partial charge < -0.3 is 10.2 Å². The SMILES string of the molecule is CNc1ncc(C(=O)N2CCCS(=O)(=O)CC2)cc1Cl. The zero-order chi connectivity index (χ0) is 14.8. The Bertz CT molecular complexity index is 618. The first-order valence-electron chi connectivity index (χ1n) is 6.26. The van der Waals surface area contributed by atoms with E-state index in [9.17, 15) is 13.2 Å². The first kappa shape index (κ1) is 15.1. The molecule has 1 saturated heterocycles. The van der Waals surface area contributed by atoms with Crippen molar-refractivity contribution < 1.29 is 13.2 Å². The molecular weight excluding hydrogens is 302 g/mol. The molecule has 1 fully saturated rings. The molecule has 0 atom stereocenters. The number of nitrogens with zero attached hydrogens (tertiary/aromatic N) is 2. The molecule has 1 N–H and O–H groups in total. The van der Waals surface area contributed by atoms with Gasteiger partial charge in [-0.15, -0.1) is 0 Å². The molecule has 0 radical (unpaired) electrons. The van der Waals surface area contributed by atoms with Crippen LogP contribution in [0, 0.1) is 0 Å². The lowest BCUT2D eigenvalue weighted by Crippen LogP contribution is -2.33. The third-order valence-corrected chi connectivity index (χ3v) is 5.17. The average Bonchev–Trinajstić information content (AvgIpc) is 2.59. The van der Waals surface area contributed by atoms with Crippen LogP contribution in [0.4, 0.5) is 5.82 Å². The van der Waals surface area contributed by atoms with Gasteiger partial charge in [-0.25, -0.2) is 13.4 Å². The molecule has 1 amide bonds. The second-order valence-electron chi connectivity index (χ2n) is 4.60. The maximum absolute atomic E-state index is 12.3. The summed E-state index contributed by atoms with van der Waals surface area (Å²) in [6.07, 6.45) is 1.91. The van der Waals surface area contributed by atoms with Gasteiger partial charge in [-0.1, -0.05) is 11.6 Å². The van der Waals surface area contributed by atoms with Crippen LogP contribution in [0.1, 0.15) is 16.8 Å². The smallest absolute Gasteiger partial charge is 0.255 e. The fraction of sp³-hybridized carbons (Fsp3) is 0.500. The lowest BCUT2D eigenvalue weighted by molar-refractivity contribution is 0.0768. The van der Waals surface area contributed by atoms with Gasteiger partial charge in [-0.2, -0.15) is 0 Å². The molecule has 6 nitrogen and oxygen atoms in total. The molecule has 8 heteroatoms. The maximum Gasteiger partial charge on any atom is 0.255 e. The van der Waals surface area contributed by atoms with Crippen LogP contribution in [-0.4, -0.2) is 55.9 Å². The van der Waals surface area contributed by atoms with E-state index >= 15 is 0 Å². The minimum absolute atomic E-state index is 0.00843. The number of carbonyl (C=O) groups excluding carboxylic acids is 1. The number of nitrogens with one attached hydrogen (secondary N) is 1. The molecule has 1 aromatic heterocycles. The predicted molar refractivity (Wildman–Crippen MR) is 78.0 cm³/mol. The summed E-state index contributed by atoms with van der Waals surface area (Å²) < 4.78 is 23.1. The molecular formula is C12H16ClN3O3S. The minimum Gasteiger partial charge on any atom is -0.372 e. The number of hydrogen-bond acceptors (Lipinski definition) is 5. The van der Waals surface area contributed by atoms with Crippen molar-refractivity contribution in [2.75, 3.05) is 37.0 Å². The number of aromatic nitrogens is 1. The Labute approximate surface area is 123 Å².